The summed E-state index contributed by atoms with van der Waals surface area (Å²) in [4.78, 5) is 43.8. The van der Waals surface area contributed by atoms with Gasteiger partial charge < -0.3 is 20.1 Å². The zero-order valence-electron chi connectivity index (χ0n) is 18.0. The van der Waals surface area contributed by atoms with E-state index < -0.39 is 11.5 Å². The second kappa shape index (κ2) is 9.44. The average Bonchev–Trinajstić information content (AvgIpc) is 3.02. The maximum absolute atomic E-state index is 12.5. The van der Waals surface area contributed by atoms with Crippen molar-refractivity contribution in [1.82, 2.24) is 9.97 Å². The number of esters is 1. The molecule has 0 aromatic carbocycles. The predicted molar refractivity (Wildman–Crippen MR) is 121 cm³/mol. The number of carbonyl (C=O) groups is 2. The Bertz CT molecular complexity index is 1040. The topological polar surface area (TPSA) is 121 Å². The standard InChI is InChI=1S/C21H27N3O5S2/c1-21(2,3)11-5-6-12-13(9-11)31-18(17(12)19(28)29-4)22-14(25)7-8-30-20-23-15(26)10-16(27)24-20/h10-11H,5-9H2,1-4H3,(H,22,25)(H2,23,24,26,27). The van der Waals surface area contributed by atoms with Gasteiger partial charge in [0.1, 0.15) is 5.00 Å². The van der Waals surface area contributed by atoms with Crippen LogP contribution in [0.5, 0.6) is 5.88 Å². The number of nitrogens with one attached hydrogen (secondary N) is 2. The molecule has 168 valence electrons. The molecule has 0 radical (unpaired) electrons. The molecule has 1 aliphatic rings. The van der Waals surface area contributed by atoms with E-state index in [1.54, 1.807) is 0 Å². The van der Waals surface area contributed by atoms with Crippen molar-refractivity contribution in [3.8, 4) is 5.88 Å². The molecule has 0 saturated heterocycles. The van der Waals surface area contributed by atoms with E-state index in [0.29, 0.717) is 22.2 Å². The van der Waals surface area contributed by atoms with Crippen molar-refractivity contribution in [3.63, 3.8) is 0 Å². The van der Waals surface area contributed by atoms with Crippen LogP contribution in [0.3, 0.4) is 0 Å². The lowest BCUT2D eigenvalue weighted by Crippen LogP contribution is -2.26. The molecular formula is C21H27N3O5S2. The summed E-state index contributed by atoms with van der Waals surface area (Å²) in [6, 6.07) is 0.980. The second-order valence-electron chi connectivity index (χ2n) is 8.56. The number of aromatic hydroxyl groups is 1. The summed E-state index contributed by atoms with van der Waals surface area (Å²) < 4.78 is 4.99. The second-order valence-corrected chi connectivity index (χ2v) is 10.7. The fourth-order valence-electron chi connectivity index (χ4n) is 3.65. The van der Waals surface area contributed by atoms with E-state index in [4.69, 9.17) is 4.74 Å². The lowest BCUT2D eigenvalue weighted by Gasteiger charge is -2.33. The van der Waals surface area contributed by atoms with E-state index in [0.717, 1.165) is 47.5 Å². The van der Waals surface area contributed by atoms with E-state index in [1.807, 2.05) is 0 Å². The highest BCUT2D eigenvalue weighted by Gasteiger charge is 2.34. The number of hydrogen-bond donors (Lipinski definition) is 3. The summed E-state index contributed by atoms with van der Waals surface area (Å²) in [5, 5.41) is 13.0. The first kappa shape index (κ1) is 23.3. The number of anilines is 1. The van der Waals surface area contributed by atoms with E-state index >= 15 is 0 Å². The summed E-state index contributed by atoms with van der Waals surface area (Å²) >= 11 is 2.61. The minimum atomic E-state index is -0.458. The molecule has 1 unspecified atom stereocenters. The van der Waals surface area contributed by atoms with Crippen molar-refractivity contribution >= 4 is 40.0 Å². The number of rotatable bonds is 6. The maximum atomic E-state index is 12.5. The minimum Gasteiger partial charge on any atom is -0.493 e. The smallest absolute Gasteiger partial charge is 0.341 e. The number of thioether (sulfide) groups is 1. The Kier molecular flexibility index (Phi) is 7.10. The number of methoxy groups -OCH3 is 1. The van der Waals surface area contributed by atoms with Gasteiger partial charge in [-0.15, -0.1) is 11.3 Å². The molecule has 2 heterocycles. The molecule has 31 heavy (non-hydrogen) atoms. The molecule has 10 heteroatoms. The van der Waals surface area contributed by atoms with Crippen molar-refractivity contribution in [1.29, 1.82) is 0 Å². The van der Waals surface area contributed by atoms with Crippen LogP contribution in [0.15, 0.2) is 16.0 Å². The van der Waals surface area contributed by atoms with E-state index in [9.17, 15) is 19.5 Å². The fraction of sp³-hybridized carbons (Fsp3) is 0.524. The maximum Gasteiger partial charge on any atom is 0.341 e. The molecule has 0 bridgehead atoms. The Morgan fingerprint density at radius 3 is 2.81 bits per heavy atom. The Hall–Kier alpha value is -2.33. The highest BCUT2D eigenvalue weighted by molar-refractivity contribution is 7.99. The van der Waals surface area contributed by atoms with Gasteiger partial charge in [-0.05, 0) is 36.2 Å². The summed E-state index contributed by atoms with van der Waals surface area (Å²) in [5.41, 5.74) is 1.17. The average molecular weight is 466 g/mol. The summed E-state index contributed by atoms with van der Waals surface area (Å²) in [7, 11) is 1.35. The van der Waals surface area contributed by atoms with Crippen molar-refractivity contribution in [2.24, 2.45) is 11.3 Å². The lowest BCUT2D eigenvalue weighted by atomic mass is 9.72. The highest BCUT2D eigenvalue weighted by Crippen LogP contribution is 2.44. The molecule has 3 rings (SSSR count). The van der Waals surface area contributed by atoms with Crippen LogP contribution in [-0.2, 0) is 22.4 Å². The Morgan fingerprint density at radius 1 is 1.42 bits per heavy atom. The lowest BCUT2D eigenvalue weighted by molar-refractivity contribution is -0.115. The Morgan fingerprint density at radius 2 is 2.16 bits per heavy atom. The van der Waals surface area contributed by atoms with Gasteiger partial charge in [0.05, 0.1) is 18.7 Å². The Balaban J connectivity index is 1.70. The van der Waals surface area contributed by atoms with Crippen LogP contribution in [0, 0.1) is 11.3 Å². The largest absolute Gasteiger partial charge is 0.493 e. The molecule has 1 amide bonds. The van der Waals surface area contributed by atoms with Crippen molar-refractivity contribution in [3.05, 3.63) is 32.4 Å². The van der Waals surface area contributed by atoms with Gasteiger partial charge in [0.15, 0.2) is 5.16 Å². The molecule has 0 spiro atoms. The number of aromatic amines is 1. The predicted octanol–water partition coefficient (Wildman–Crippen LogP) is 3.60. The first-order chi connectivity index (χ1) is 14.6. The molecule has 2 aromatic heterocycles. The third-order valence-corrected chi connectivity index (χ3v) is 7.45. The Labute approximate surface area is 188 Å². The number of amides is 1. The molecule has 0 saturated carbocycles. The molecule has 2 aromatic rings. The quantitative estimate of drug-likeness (QED) is 0.338. The minimum absolute atomic E-state index is 0.151. The van der Waals surface area contributed by atoms with Gasteiger partial charge in [0, 0.05) is 17.1 Å². The molecule has 8 nitrogen and oxygen atoms in total. The number of fused-ring (bicyclic) bond motifs is 1. The van der Waals surface area contributed by atoms with Gasteiger partial charge in [-0.1, -0.05) is 32.5 Å². The van der Waals surface area contributed by atoms with E-state index in [2.05, 4.69) is 36.1 Å². The normalized spacial score (nSPS) is 15.9. The van der Waals surface area contributed by atoms with Crippen LogP contribution in [0.25, 0.3) is 0 Å². The third kappa shape index (κ3) is 5.68. The van der Waals surface area contributed by atoms with Gasteiger partial charge in [-0.25, -0.2) is 4.79 Å². The summed E-state index contributed by atoms with van der Waals surface area (Å²) in [6.45, 7) is 6.69. The van der Waals surface area contributed by atoms with Crippen LogP contribution < -0.4 is 10.9 Å². The molecule has 1 aliphatic carbocycles. The molecule has 0 fully saturated rings. The van der Waals surface area contributed by atoms with Gasteiger partial charge in [-0.3, -0.25) is 9.59 Å². The number of ether oxygens (including phenoxy) is 1. The molecule has 0 aliphatic heterocycles. The van der Waals surface area contributed by atoms with Gasteiger partial charge >= 0.3 is 5.97 Å². The van der Waals surface area contributed by atoms with Crippen LogP contribution in [0.1, 0.15) is 54.4 Å². The van der Waals surface area contributed by atoms with Gasteiger partial charge in [0.25, 0.3) is 5.56 Å². The first-order valence-corrected chi connectivity index (χ1v) is 11.8. The fourth-order valence-corrected chi connectivity index (χ4v) is 5.80. The molecular weight excluding hydrogens is 438 g/mol. The van der Waals surface area contributed by atoms with Crippen LogP contribution in [0.4, 0.5) is 5.00 Å². The number of aromatic nitrogens is 2. The zero-order chi connectivity index (χ0) is 22.8. The number of hydrogen-bond acceptors (Lipinski definition) is 8. The van der Waals surface area contributed by atoms with E-state index in [1.165, 1.54) is 18.4 Å². The number of thiophene rings is 1. The third-order valence-electron chi connectivity index (χ3n) is 5.41. The monoisotopic (exact) mass is 465 g/mol. The number of H-pyrrole nitrogens is 1. The summed E-state index contributed by atoms with van der Waals surface area (Å²) in [5.74, 6) is -0.176. The SMILES string of the molecule is COC(=O)c1c(NC(=O)CCSc2nc(O)cc(=O)[nH]2)sc2c1CCC(C(C)(C)C)C2. The van der Waals surface area contributed by atoms with Gasteiger partial charge in [-0.2, -0.15) is 4.98 Å². The number of nitrogens with zero attached hydrogens (tertiary/aromatic N) is 1. The van der Waals surface area contributed by atoms with Crippen molar-refractivity contribution < 1.29 is 19.4 Å². The van der Waals surface area contributed by atoms with Crippen LogP contribution in [-0.4, -0.2) is 39.8 Å². The van der Waals surface area contributed by atoms with Crippen LogP contribution >= 0.6 is 23.1 Å². The van der Waals surface area contributed by atoms with Crippen LogP contribution in [0.2, 0.25) is 0 Å². The molecule has 1 atom stereocenters. The zero-order valence-corrected chi connectivity index (χ0v) is 19.7. The van der Waals surface area contributed by atoms with Gasteiger partial charge in [0.2, 0.25) is 11.8 Å². The first-order valence-electron chi connectivity index (χ1n) is 10.0. The summed E-state index contributed by atoms with van der Waals surface area (Å²) in [6.07, 6.45) is 2.82. The highest BCUT2D eigenvalue weighted by atomic mass is 32.2. The number of carbonyl (C=O) groups excluding carboxylic acids is 2. The van der Waals surface area contributed by atoms with Crippen molar-refractivity contribution in [2.75, 3.05) is 18.2 Å². The van der Waals surface area contributed by atoms with Crippen molar-refractivity contribution in [2.45, 2.75) is 51.6 Å². The molecule has 3 N–H and O–H groups in total. The van der Waals surface area contributed by atoms with E-state index in [-0.39, 0.29) is 28.8 Å².